The van der Waals surface area contributed by atoms with E-state index >= 15 is 0 Å². The Bertz CT molecular complexity index is 779. The summed E-state index contributed by atoms with van der Waals surface area (Å²) in [5, 5.41) is 9.97. The number of thioether (sulfide) groups is 1. The predicted molar refractivity (Wildman–Crippen MR) is 106 cm³/mol. The quantitative estimate of drug-likeness (QED) is 0.407. The molecule has 0 saturated carbocycles. The highest BCUT2D eigenvalue weighted by Crippen LogP contribution is 2.24. The molecule has 4 heteroatoms. The van der Waals surface area contributed by atoms with Crippen molar-refractivity contribution >= 4 is 11.8 Å². The van der Waals surface area contributed by atoms with Crippen molar-refractivity contribution in [2.45, 2.75) is 44.7 Å². The van der Waals surface area contributed by atoms with E-state index in [9.17, 15) is 0 Å². The summed E-state index contributed by atoms with van der Waals surface area (Å²) in [6.07, 6.45) is 4.23. The molecule has 0 unspecified atom stereocenters. The Hall–Kier alpha value is -2.07. The summed E-state index contributed by atoms with van der Waals surface area (Å²) in [5.41, 5.74) is 3.75. The van der Waals surface area contributed by atoms with Gasteiger partial charge in [0.05, 0.1) is 0 Å². The summed E-state index contributed by atoms with van der Waals surface area (Å²) in [5.74, 6) is 2.07. The van der Waals surface area contributed by atoms with Crippen LogP contribution in [0.5, 0.6) is 0 Å². The highest BCUT2D eigenvalue weighted by molar-refractivity contribution is 7.99. The van der Waals surface area contributed by atoms with Crippen molar-refractivity contribution in [3.05, 3.63) is 71.5 Å². The number of hydrogen-bond acceptors (Lipinski definition) is 3. The number of aryl methyl sites for hydroxylation is 1. The molecular formula is C21H25N3S. The monoisotopic (exact) mass is 351 g/mol. The van der Waals surface area contributed by atoms with Crippen molar-refractivity contribution in [1.82, 2.24) is 14.8 Å². The summed E-state index contributed by atoms with van der Waals surface area (Å²) in [7, 11) is 0. The van der Waals surface area contributed by atoms with Crippen molar-refractivity contribution < 1.29 is 0 Å². The Morgan fingerprint density at radius 1 is 0.880 bits per heavy atom. The summed E-state index contributed by atoms with van der Waals surface area (Å²) < 4.78 is 2.22. The molecular weight excluding hydrogens is 326 g/mol. The standard InChI is InChI=1S/C21H25N3S/c1-3-5-15-25-21-23-22-20(16-18-9-7-6-8-10-18)24(21)19-13-11-17(4-2)12-14-19/h6-14H,3-5,15-16H2,1-2H3. The molecule has 0 aliphatic heterocycles. The number of hydrogen-bond donors (Lipinski definition) is 0. The first kappa shape index (κ1) is 17.7. The fraction of sp³-hybridized carbons (Fsp3) is 0.333. The van der Waals surface area contributed by atoms with Crippen molar-refractivity contribution in [1.29, 1.82) is 0 Å². The second-order valence-electron chi connectivity index (χ2n) is 6.12. The van der Waals surface area contributed by atoms with Crippen molar-refractivity contribution in [3.8, 4) is 5.69 Å². The molecule has 0 fully saturated rings. The molecule has 0 radical (unpaired) electrons. The Kier molecular flexibility index (Phi) is 6.29. The fourth-order valence-electron chi connectivity index (χ4n) is 2.73. The van der Waals surface area contributed by atoms with Gasteiger partial charge in [-0.05, 0) is 36.1 Å². The molecule has 2 aromatic carbocycles. The van der Waals surface area contributed by atoms with Crippen molar-refractivity contribution in [3.63, 3.8) is 0 Å². The van der Waals surface area contributed by atoms with Crippen molar-refractivity contribution in [2.24, 2.45) is 0 Å². The van der Waals surface area contributed by atoms with Crippen LogP contribution in [0.2, 0.25) is 0 Å². The zero-order valence-corrected chi connectivity index (χ0v) is 15.8. The lowest BCUT2D eigenvalue weighted by atomic mass is 10.1. The molecule has 0 aliphatic carbocycles. The Balaban J connectivity index is 1.93. The zero-order chi connectivity index (χ0) is 17.5. The molecule has 0 aliphatic rings. The first-order valence-electron chi connectivity index (χ1n) is 9.02. The maximum atomic E-state index is 4.50. The predicted octanol–water partition coefficient (Wildman–Crippen LogP) is 5.31. The molecule has 0 spiro atoms. The van der Waals surface area contributed by atoms with Crippen LogP contribution in [0.1, 0.15) is 43.6 Å². The number of unbranched alkanes of at least 4 members (excludes halogenated alkanes) is 1. The molecule has 0 N–H and O–H groups in total. The van der Waals surface area contributed by atoms with Gasteiger partial charge in [0, 0.05) is 17.9 Å². The second-order valence-corrected chi connectivity index (χ2v) is 7.18. The minimum atomic E-state index is 0.789. The lowest BCUT2D eigenvalue weighted by molar-refractivity contribution is 0.840. The van der Waals surface area contributed by atoms with Gasteiger partial charge in [0.2, 0.25) is 0 Å². The number of aromatic nitrogens is 3. The summed E-state index contributed by atoms with van der Waals surface area (Å²) in [4.78, 5) is 0. The Labute approximate surface area is 154 Å². The highest BCUT2D eigenvalue weighted by Gasteiger charge is 2.14. The van der Waals surface area contributed by atoms with Crippen LogP contribution >= 0.6 is 11.8 Å². The van der Waals surface area contributed by atoms with Gasteiger partial charge in [0.25, 0.3) is 0 Å². The SMILES string of the molecule is CCCCSc1nnc(Cc2ccccc2)n1-c1ccc(CC)cc1. The maximum absolute atomic E-state index is 4.50. The van der Waals surface area contributed by atoms with Gasteiger partial charge >= 0.3 is 0 Å². The van der Waals surface area contributed by atoms with E-state index in [2.05, 4.69) is 77.1 Å². The summed E-state index contributed by atoms with van der Waals surface area (Å²) in [6, 6.07) is 19.2. The first-order chi connectivity index (χ1) is 12.3. The molecule has 3 nitrogen and oxygen atoms in total. The average Bonchev–Trinajstić information content (AvgIpc) is 3.05. The van der Waals surface area contributed by atoms with Crippen LogP contribution in [-0.4, -0.2) is 20.5 Å². The minimum Gasteiger partial charge on any atom is -0.274 e. The molecule has 0 bridgehead atoms. The van der Waals surface area contributed by atoms with Crippen LogP contribution in [0.3, 0.4) is 0 Å². The van der Waals surface area contributed by atoms with Gasteiger partial charge in [0.15, 0.2) is 5.16 Å². The Morgan fingerprint density at radius 2 is 1.64 bits per heavy atom. The molecule has 0 atom stereocenters. The van der Waals surface area contributed by atoms with Gasteiger partial charge in [-0.3, -0.25) is 4.57 Å². The third-order valence-corrected chi connectivity index (χ3v) is 5.25. The minimum absolute atomic E-state index is 0.789. The Morgan fingerprint density at radius 3 is 2.32 bits per heavy atom. The van der Waals surface area contributed by atoms with Crippen LogP contribution < -0.4 is 0 Å². The van der Waals surface area contributed by atoms with E-state index in [1.807, 2.05) is 6.07 Å². The number of nitrogens with zero attached hydrogens (tertiary/aromatic N) is 3. The molecule has 1 heterocycles. The summed E-state index contributed by atoms with van der Waals surface area (Å²) >= 11 is 1.80. The summed E-state index contributed by atoms with van der Waals surface area (Å²) in [6.45, 7) is 4.40. The van der Waals surface area contributed by atoms with E-state index in [-0.39, 0.29) is 0 Å². The van der Waals surface area contributed by atoms with Gasteiger partial charge in [-0.1, -0.05) is 74.5 Å². The largest absolute Gasteiger partial charge is 0.274 e. The molecule has 25 heavy (non-hydrogen) atoms. The van der Waals surface area contributed by atoms with Gasteiger partial charge in [0.1, 0.15) is 5.82 Å². The van der Waals surface area contributed by atoms with Crippen molar-refractivity contribution in [2.75, 3.05) is 5.75 Å². The molecule has 0 amide bonds. The average molecular weight is 352 g/mol. The normalized spacial score (nSPS) is 11.0. The smallest absolute Gasteiger partial charge is 0.195 e. The third kappa shape index (κ3) is 4.51. The lowest BCUT2D eigenvalue weighted by Gasteiger charge is -2.11. The van der Waals surface area contributed by atoms with Crippen LogP contribution in [0.4, 0.5) is 0 Å². The van der Waals surface area contributed by atoms with Gasteiger partial charge in [-0.15, -0.1) is 10.2 Å². The third-order valence-electron chi connectivity index (χ3n) is 4.24. The van der Waals surface area contributed by atoms with Crippen LogP contribution in [0.15, 0.2) is 59.8 Å². The highest BCUT2D eigenvalue weighted by atomic mass is 32.2. The van der Waals surface area contributed by atoms with Crippen LogP contribution in [0.25, 0.3) is 5.69 Å². The van der Waals surface area contributed by atoms with Crippen LogP contribution in [-0.2, 0) is 12.8 Å². The van der Waals surface area contributed by atoms with E-state index in [4.69, 9.17) is 0 Å². The molecule has 1 aromatic heterocycles. The topological polar surface area (TPSA) is 30.7 Å². The van der Waals surface area contributed by atoms with Crippen LogP contribution in [0, 0.1) is 0 Å². The van der Waals surface area contributed by atoms with Gasteiger partial charge in [-0.25, -0.2) is 0 Å². The zero-order valence-electron chi connectivity index (χ0n) is 15.0. The molecule has 3 rings (SSSR count). The second kappa shape index (κ2) is 8.86. The number of rotatable bonds is 8. The fourth-order valence-corrected chi connectivity index (χ4v) is 3.79. The maximum Gasteiger partial charge on any atom is 0.195 e. The van der Waals surface area contributed by atoms with E-state index < -0.39 is 0 Å². The lowest BCUT2D eigenvalue weighted by Crippen LogP contribution is -2.04. The molecule has 3 aromatic rings. The number of benzene rings is 2. The van der Waals surface area contributed by atoms with E-state index in [1.54, 1.807) is 11.8 Å². The van der Waals surface area contributed by atoms with Gasteiger partial charge in [-0.2, -0.15) is 0 Å². The first-order valence-corrected chi connectivity index (χ1v) is 10.0. The van der Waals surface area contributed by atoms with E-state index in [0.29, 0.717) is 0 Å². The molecule has 0 saturated heterocycles. The molecule has 130 valence electrons. The van der Waals surface area contributed by atoms with Gasteiger partial charge < -0.3 is 0 Å². The van der Waals surface area contributed by atoms with E-state index in [0.717, 1.165) is 35.3 Å². The van der Waals surface area contributed by atoms with E-state index in [1.165, 1.54) is 24.0 Å².